The molecule has 0 aliphatic rings. The molecular formula is C49H88NO8P. The second-order valence-corrected chi connectivity index (χ2v) is 17.0. The monoisotopic (exact) mass is 850 g/mol. The van der Waals surface area contributed by atoms with Gasteiger partial charge in [0.1, 0.15) is 6.61 Å². The molecule has 0 radical (unpaired) electrons. The summed E-state index contributed by atoms with van der Waals surface area (Å²) in [5, 5.41) is 0. The van der Waals surface area contributed by atoms with Gasteiger partial charge < -0.3 is 20.1 Å². The van der Waals surface area contributed by atoms with Gasteiger partial charge >= 0.3 is 19.8 Å². The van der Waals surface area contributed by atoms with E-state index in [1.807, 2.05) is 0 Å². The third kappa shape index (κ3) is 45.1. The Labute approximate surface area is 361 Å². The summed E-state index contributed by atoms with van der Waals surface area (Å²) < 4.78 is 32.8. The number of ether oxygens (including phenoxy) is 2. The van der Waals surface area contributed by atoms with Crippen LogP contribution in [0.1, 0.15) is 206 Å². The highest BCUT2D eigenvalue weighted by molar-refractivity contribution is 7.47. The number of hydrogen-bond acceptors (Lipinski definition) is 8. The Balaban J connectivity index is 4.05. The number of nitrogens with two attached hydrogens (primary N) is 1. The van der Waals surface area contributed by atoms with Crippen molar-refractivity contribution in [2.45, 2.75) is 213 Å². The lowest BCUT2D eigenvalue weighted by Crippen LogP contribution is -2.29. The zero-order valence-electron chi connectivity index (χ0n) is 37.7. The van der Waals surface area contributed by atoms with Crippen LogP contribution in [-0.4, -0.2) is 49.3 Å². The maximum atomic E-state index is 12.6. The smallest absolute Gasteiger partial charge is 0.462 e. The van der Waals surface area contributed by atoms with E-state index in [4.69, 9.17) is 24.3 Å². The highest BCUT2D eigenvalue weighted by atomic mass is 31.2. The Kier molecular flexibility index (Phi) is 43.5. The van der Waals surface area contributed by atoms with Gasteiger partial charge in [-0.15, -0.1) is 0 Å². The molecule has 0 aliphatic heterocycles. The maximum absolute atomic E-state index is 12.6. The summed E-state index contributed by atoms with van der Waals surface area (Å²) in [6.45, 7) is 3.60. The van der Waals surface area contributed by atoms with Crippen LogP contribution < -0.4 is 5.73 Å². The molecule has 342 valence electrons. The topological polar surface area (TPSA) is 134 Å². The summed E-state index contributed by atoms with van der Waals surface area (Å²) >= 11 is 0. The van der Waals surface area contributed by atoms with Gasteiger partial charge in [0.15, 0.2) is 6.10 Å². The molecule has 0 rings (SSSR count). The molecule has 0 aromatic carbocycles. The second kappa shape index (κ2) is 45.2. The summed E-state index contributed by atoms with van der Waals surface area (Å²) in [6.07, 6.45) is 54.0. The Hall–Kier alpha value is -2.29. The van der Waals surface area contributed by atoms with Crippen molar-refractivity contribution in [1.29, 1.82) is 0 Å². The molecule has 0 spiro atoms. The fraction of sp³-hybridized carbons (Fsp3) is 0.755. The highest BCUT2D eigenvalue weighted by Crippen LogP contribution is 2.43. The number of allylic oxidation sites excluding steroid dienone is 10. The standard InChI is InChI=1S/C49H88NO8P/c1-3-5-7-9-11-13-15-17-18-19-20-21-22-23-24-25-26-27-28-30-32-34-36-38-40-42-49(52)58-47(46-57-59(53,54)56-44-43-50)45-55-48(51)41-39-37-35-33-31-29-16-14-12-10-8-6-4-2/h5,7,11,13-14,16-18,20-21,47H,3-4,6,8-10,12,15,19,22-46,50H2,1-2H3,(H,53,54)/b7-5-,13-11-,16-14-,18-17-,21-20-. The molecule has 10 heteroatoms. The van der Waals surface area contributed by atoms with Gasteiger partial charge in [0.2, 0.25) is 0 Å². The van der Waals surface area contributed by atoms with Gasteiger partial charge in [0.25, 0.3) is 0 Å². The van der Waals surface area contributed by atoms with Gasteiger partial charge in [0, 0.05) is 19.4 Å². The van der Waals surface area contributed by atoms with Crippen molar-refractivity contribution in [1.82, 2.24) is 0 Å². The van der Waals surface area contributed by atoms with E-state index in [-0.39, 0.29) is 32.6 Å². The first-order valence-corrected chi connectivity index (χ1v) is 25.3. The molecule has 0 heterocycles. The van der Waals surface area contributed by atoms with E-state index in [9.17, 15) is 19.0 Å². The normalized spacial score (nSPS) is 13.8. The fourth-order valence-electron chi connectivity index (χ4n) is 6.39. The molecule has 59 heavy (non-hydrogen) atoms. The van der Waals surface area contributed by atoms with Crippen molar-refractivity contribution in [3.63, 3.8) is 0 Å². The quantitative estimate of drug-likeness (QED) is 0.0266. The number of carbonyl (C=O) groups excluding carboxylic acids is 2. The van der Waals surface area contributed by atoms with E-state index in [0.717, 1.165) is 83.5 Å². The lowest BCUT2D eigenvalue weighted by molar-refractivity contribution is -0.161. The Morgan fingerprint density at radius 2 is 0.932 bits per heavy atom. The Morgan fingerprint density at radius 1 is 0.525 bits per heavy atom. The summed E-state index contributed by atoms with van der Waals surface area (Å²) in [4.78, 5) is 34.9. The van der Waals surface area contributed by atoms with Crippen LogP contribution in [0.3, 0.4) is 0 Å². The van der Waals surface area contributed by atoms with Crippen LogP contribution in [0.2, 0.25) is 0 Å². The van der Waals surface area contributed by atoms with E-state index < -0.39 is 32.5 Å². The molecule has 9 nitrogen and oxygen atoms in total. The van der Waals surface area contributed by atoms with Crippen LogP contribution in [0, 0.1) is 0 Å². The number of rotatable bonds is 44. The van der Waals surface area contributed by atoms with Crippen LogP contribution >= 0.6 is 7.82 Å². The van der Waals surface area contributed by atoms with Crippen molar-refractivity contribution in [3.8, 4) is 0 Å². The third-order valence-electron chi connectivity index (χ3n) is 9.89. The Bertz CT molecular complexity index is 1150. The van der Waals surface area contributed by atoms with E-state index in [1.54, 1.807) is 0 Å². The number of phosphoric acid groups is 1. The SMILES string of the molecule is CC/C=C\C/C=C\C/C=C\C/C=C\CCCCCCCCCCCCCCC(=O)OC(COC(=O)CCCCCCC/C=C\CCCCCC)COP(=O)(O)OCCN. The Morgan fingerprint density at radius 3 is 1.41 bits per heavy atom. The molecule has 0 amide bonds. The summed E-state index contributed by atoms with van der Waals surface area (Å²) in [5.41, 5.74) is 5.35. The van der Waals surface area contributed by atoms with Crippen molar-refractivity contribution >= 4 is 19.8 Å². The first-order valence-electron chi connectivity index (χ1n) is 23.8. The number of carbonyl (C=O) groups is 2. The van der Waals surface area contributed by atoms with Gasteiger partial charge in [-0.3, -0.25) is 18.6 Å². The van der Waals surface area contributed by atoms with Crippen molar-refractivity contribution < 1.29 is 37.6 Å². The minimum atomic E-state index is -4.38. The molecule has 3 N–H and O–H groups in total. The van der Waals surface area contributed by atoms with Gasteiger partial charge in [-0.25, -0.2) is 4.57 Å². The average molecular weight is 850 g/mol. The minimum Gasteiger partial charge on any atom is -0.462 e. The zero-order valence-corrected chi connectivity index (χ0v) is 38.6. The van der Waals surface area contributed by atoms with E-state index >= 15 is 0 Å². The predicted octanol–water partition coefficient (Wildman–Crippen LogP) is 14.1. The largest absolute Gasteiger partial charge is 0.472 e. The van der Waals surface area contributed by atoms with Crippen molar-refractivity contribution in [3.05, 3.63) is 60.8 Å². The van der Waals surface area contributed by atoms with E-state index in [2.05, 4.69) is 74.6 Å². The lowest BCUT2D eigenvalue weighted by Gasteiger charge is -2.19. The molecule has 0 saturated heterocycles. The lowest BCUT2D eigenvalue weighted by atomic mass is 10.0. The molecular weight excluding hydrogens is 762 g/mol. The minimum absolute atomic E-state index is 0.0504. The second-order valence-electron chi connectivity index (χ2n) is 15.6. The molecule has 0 aromatic heterocycles. The van der Waals surface area contributed by atoms with Gasteiger partial charge in [-0.05, 0) is 77.0 Å². The van der Waals surface area contributed by atoms with E-state index in [1.165, 1.54) is 89.9 Å². The summed E-state index contributed by atoms with van der Waals surface area (Å²) in [6, 6.07) is 0. The summed E-state index contributed by atoms with van der Waals surface area (Å²) in [5.74, 6) is -0.841. The molecule has 0 fully saturated rings. The van der Waals surface area contributed by atoms with Crippen molar-refractivity contribution in [2.75, 3.05) is 26.4 Å². The molecule has 2 unspecified atom stereocenters. The third-order valence-corrected chi connectivity index (χ3v) is 10.9. The van der Waals surface area contributed by atoms with E-state index in [0.29, 0.717) is 6.42 Å². The van der Waals surface area contributed by atoms with Gasteiger partial charge in [-0.2, -0.15) is 0 Å². The van der Waals surface area contributed by atoms with Gasteiger partial charge in [-0.1, -0.05) is 177 Å². The molecule has 2 atom stereocenters. The molecule has 0 saturated carbocycles. The number of esters is 2. The number of unbranched alkanes of at least 4 members (excludes halogenated alkanes) is 21. The summed E-state index contributed by atoms with van der Waals surface area (Å²) in [7, 11) is -4.38. The predicted molar refractivity (Wildman–Crippen MR) is 247 cm³/mol. The maximum Gasteiger partial charge on any atom is 0.472 e. The van der Waals surface area contributed by atoms with Crippen LogP contribution in [0.4, 0.5) is 0 Å². The molecule has 0 bridgehead atoms. The number of phosphoric ester groups is 1. The van der Waals surface area contributed by atoms with Gasteiger partial charge in [0.05, 0.1) is 13.2 Å². The first kappa shape index (κ1) is 56.7. The average Bonchev–Trinajstić information content (AvgIpc) is 3.22. The van der Waals surface area contributed by atoms with Crippen LogP contribution in [0.15, 0.2) is 60.8 Å². The van der Waals surface area contributed by atoms with Crippen molar-refractivity contribution in [2.24, 2.45) is 5.73 Å². The molecule has 0 aromatic rings. The fourth-order valence-corrected chi connectivity index (χ4v) is 7.15. The van der Waals surface area contributed by atoms with Crippen LogP contribution in [0.25, 0.3) is 0 Å². The van der Waals surface area contributed by atoms with Crippen LogP contribution in [0.5, 0.6) is 0 Å². The first-order chi connectivity index (χ1) is 28.8. The zero-order chi connectivity index (χ0) is 43.2. The highest BCUT2D eigenvalue weighted by Gasteiger charge is 2.26. The molecule has 0 aliphatic carbocycles. The van der Waals surface area contributed by atoms with Crippen LogP contribution in [-0.2, 0) is 32.7 Å². The number of hydrogen-bond donors (Lipinski definition) is 2.